The van der Waals surface area contributed by atoms with Crippen LogP contribution in [-0.4, -0.2) is 28.5 Å². The van der Waals surface area contributed by atoms with Crippen molar-refractivity contribution in [3.05, 3.63) is 69.1 Å². The van der Waals surface area contributed by atoms with E-state index in [1.807, 2.05) is 26.0 Å². The van der Waals surface area contributed by atoms with Crippen molar-refractivity contribution in [1.29, 1.82) is 0 Å². The van der Waals surface area contributed by atoms with Crippen LogP contribution >= 0.6 is 23.4 Å². The Bertz CT molecular complexity index is 971. The van der Waals surface area contributed by atoms with Gasteiger partial charge in [-0.05, 0) is 66.6 Å². The van der Waals surface area contributed by atoms with Crippen molar-refractivity contribution < 1.29 is 14.4 Å². The number of hydrogen-bond donors (Lipinski definition) is 1. The Balaban J connectivity index is 1.72. The second-order valence-electron chi connectivity index (χ2n) is 6.12. The zero-order chi connectivity index (χ0) is 19.6. The summed E-state index contributed by atoms with van der Waals surface area (Å²) in [4.78, 5) is 38.2. The van der Waals surface area contributed by atoms with Gasteiger partial charge in [-0.2, -0.15) is 0 Å². The number of hydrogen-bond acceptors (Lipinski definition) is 4. The van der Waals surface area contributed by atoms with Crippen LogP contribution in [0.3, 0.4) is 0 Å². The van der Waals surface area contributed by atoms with Crippen LogP contribution in [0, 0.1) is 13.8 Å². The van der Waals surface area contributed by atoms with Crippen LogP contribution in [0.2, 0.25) is 5.02 Å². The van der Waals surface area contributed by atoms with E-state index in [0.29, 0.717) is 16.3 Å². The minimum absolute atomic E-state index is 0.266. The Morgan fingerprint density at radius 2 is 1.93 bits per heavy atom. The van der Waals surface area contributed by atoms with E-state index < -0.39 is 17.1 Å². The van der Waals surface area contributed by atoms with E-state index in [4.69, 9.17) is 11.6 Å². The first-order valence-electron chi connectivity index (χ1n) is 8.22. The van der Waals surface area contributed by atoms with Gasteiger partial charge in [-0.3, -0.25) is 19.3 Å². The summed E-state index contributed by atoms with van der Waals surface area (Å²) >= 11 is 6.75. The lowest BCUT2D eigenvalue weighted by atomic mass is 10.1. The highest BCUT2D eigenvalue weighted by atomic mass is 35.5. The molecule has 0 bridgehead atoms. The number of imide groups is 1. The van der Waals surface area contributed by atoms with E-state index in [1.165, 1.54) is 0 Å². The Morgan fingerprint density at radius 3 is 2.67 bits per heavy atom. The molecule has 3 amide bonds. The maximum Gasteiger partial charge on any atom is 0.294 e. The summed E-state index contributed by atoms with van der Waals surface area (Å²) in [5.41, 5.74) is 3.37. The monoisotopic (exact) mass is 400 g/mol. The summed E-state index contributed by atoms with van der Waals surface area (Å²) in [6.07, 6.45) is 1.60. The average molecular weight is 401 g/mol. The smallest absolute Gasteiger partial charge is 0.294 e. The second-order valence-corrected chi connectivity index (χ2v) is 7.55. The number of carbonyl (C=O) groups excluding carboxylic acids is 3. The molecule has 0 spiro atoms. The summed E-state index contributed by atoms with van der Waals surface area (Å²) in [7, 11) is 0. The van der Waals surface area contributed by atoms with Crippen LogP contribution in [0.5, 0.6) is 0 Å². The fourth-order valence-corrected chi connectivity index (χ4v) is 3.64. The van der Waals surface area contributed by atoms with E-state index in [9.17, 15) is 14.4 Å². The van der Waals surface area contributed by atoms with Crippen molar-refractivity contribution in [3.8, 4) is 0 Å². The van der Waals surface area contributed by atoms with Crippen molar-refractivity contribution in [2.75, 3.05) is 11.9 Å². The first kappa shape index (κ1) is 19.2. The van der Waals surface area contributed by atoms with Crippen molar-refractivity contribution in [1.82, 2.24) is 4.90 Å². The van der Waals surface area contributed by atoms with Crippen molar-refractivity contribution in [3.63, 3.8) is 0 Å². The number of nitrogens with one attached hydrogen (secondary N) is 1. The number of anilines is 1. The summed E-state index contributed by atoms with van der Waals surface area (Å²) < 4.78 is 0. The topological polar surface area (TPSA) is 66.5 Å². The summed E-state index contributed by atoms with van der Waals surface area (Å²) in [5.74, 6) is -0.906. The predicted octanol–water partition coefficient (Wildman–Crippen LogP) is 4.63. The van der Waals surface area contributed by atoms with Gasteiger partial charge in [0.1, 0.15) is 6.54 Å². The molecule has 1 heterocycles. The number of halogens is 1. The van der Waals surface area contributed by atoms with Crippen LogP contribution < -0.4 is 5.32 Å². The minimum Gasteiger partial charge on any atom is -0.324 e. The molecule has 0 radical (unpaired) electrons. The molecule has 0 atom stereocenters. The third-order valence-electron chi connectivity index (χ3n) is 4.20. The van der Waals surface area contributed by atoms with Crippen molar-refractivity contribution in [2.45, 2.75) is 13.8 Å². The highest BCUT2D eigenvalue weighted by molar-refractivity contribution is 8.18. The molecule has 3 rings (SSSR count). The maximum atomic E-state index is 12.5. The predicted molar refractivity (Wildman–Crippen MR) is 109 cm³/mol. The maximum absolute atomic E-state index is 12.5. The van der Waals surface area contributed by atoms with Gasteiger partial charge < -0.3 is 5.32 Å². The largest absolute Gasteiger partial charge is 0.324 e. The van der Waals surface area contributed by atoms with Crippen LogP contribution in [-0.2, 0) is 9.59 Å². The van der Waals surface area contributed by atoms with Gasteiger partial charge in [-0.1, -0.05) is 35.9 Å². The Kier molecular flexibility index (Phi) is 5.68. The van der Waals surface area contributed by atoms with Gasteiger partial charge in [-0.15, -0.1) is 0 Å². The zero-order valence-electron chi connectivity index (χ0n) is 14.8. The number of rotatable bonds is 4. The molecule has 7 heteroatoms. The van der Waals surface area contributed by atoms with Gasteiger partial charge in [0.05, 0.1) is 4.91 Å². The quantitative estimate of drug-likeness (QED) is 0.759. The molecule has 5 nitrogen and oxygen atoms in total. The number of amides is 3. The molecule has 138 valence electrons. The molecular weight excluding hydrogens is 384 g/mol. The molecule has 1 saturated heterocycles. The van der Waals surface area contributed by atoms with E-state index in [2.05, 4.69) is 5.32 Å². The van der Waals surface area contributed by atoms with E-state index in [-0.39, 0.29) is 11.4 Å². The Hall–Kier alpha value is -2.57. The number of thioether (sulfide) groups is 1. The van der Waals surface area contributed by atoms with Crippen LogP contribution in [0.15, 0.2) is 47.4 Å². The summed E-state index contributed by atoms with van der Waals surface area (Å²) in [5, 5.41) is 2.83. The van der Waals surface area contributed by atoms with Gasteiger partial charge >= 0.3 is 0 Å². The van der Waals surface area contributed by atoms with E-state index in [1.54, 1.807) is 36.4 Å². The van der Waals surface area contributed by atoms with Crippen LogP contribution in [0.4, 0.5) is 10.5 Å². The highest BCUT2D eigenvalue weighted by Crippen LogP contribution is 2.32. The van der Waals surface area contributed by atoms with Gasteiger partial charge in [0.15, 0.2) is 0 Å². The lowest BCUT2D eigenvalue weighted by Crippen LogP contribution is -2.36. The van der Waals surface area contributed by atoms with Crippen LogP contribution in [0.25, 0.3) is 6.08 Å². The number of nitrogens with zero attached hydrogens (tertiary/aromatic N) is 1. The third-order valence-corrected chi connectivity index (χ3v) is 5.34. The molecule has 1 aliphatic rings. The van der Waals surface area contributed by atoms with E-state index in [0.717, 1.165) is 27.8 Å². The molecule has 0 aliphatic carbocycles. The zero-order valence-corrected chi connectivity index (χ0v) is 16.4. The number of carbonyl (C=O) groups is 3. The number of benzene rings is 2. The second kappa shape index (κ2) is 7.98. The third kappa shape index (κ3) is 4.40. The molecule has 0 saturated carbocycles. The van der Waals surface area contributed by atoms with Gasteiger partial charge in [-0.25, -0.2) is 0 Å². The molecule has 2 aromatic carbocycles. The van der Waals surface area contributed by atoms with Gasteiger partial charge in [0.25, 0.3) is 11.1 Å². The molecule has 1 fully saturated rings. The summed E-state index contributed by atoms with van der Waals surface area (Å²) in [6.45, 7) is 3.52. The van der Waals surface area contributed by atoms with Crippen molar-refractivity contribution in [2.24, 2.45) is 0 Å². The summed E-state index contributed by atoms with van der Waals surface area (Å²) in [6, 6.07) is 12.5. The fraction of sp³-hybridized carbons (Fsp3) is 0.150. The fourth-order valence-electron chi connectivity index (χ4n) is 2.60. The minimum atomic E-state index is -0.485. The normalized spacial score (nSPS) is 15.5. The van der Waals surface area contributed by atoms with Gasteiger partial charge in [0, 0.05) is 10.7 Å². The molecular formula is C20H17ClN2O3S. The average Bonchev–Trinajstić information content (AvgIpc) is 2.86. The molecule has 27 heavy (non-hydrogen) atoms. The molecule has 0 aromatic heterocycles. The molecule has 2 aromatic rings. The lowest BCUT2D eigenvalue weighted by molar-refractivity contribution is -0.127. The SMILES string of the molecule is Cc1cccc(NC(=O)CN2C(=O)S/C(=C/c3cccc(Cl)c3)C2=O)c1C. The standard InChI is InChI=1S/C20H17ClN2O3S/c1-12-5-3-8-16(13(12)2)22-18(24)11-23-19(25)17(27-20(23)26)10-14-6-4-7-15(21)9-14/h3-10H,11H2,1-2H3,(H,22,24)/b17-10+. The Labute approximate surface area is 166 Å². The highest BCUT2D eigenvalue weighted by Gasteiger charge is 2.36. The first-order chi connectivity index (χ1) is 12.8. The van der Waals surface area contributed by atoms with E-state index >= 15 is 0 Å². The van der Waals surface area contributed by atoms with Crippen molar-refractivity contribution >= 4 is 52.2 Å². The molecule has 0 unspecified atom stereocenters. The lowest BCUT2D eigenvalue weighted by Gasteiger charge is -2.14. The van der Waals surface area contributed by atoms with Gasteiger partial charge in [0.2, 0.25) is 5.91 Å². The molecule has 1 aliphatic heterocycles. The van der Waals surface area contributed by atoms with Crippen LogP contribution in [0.1, 0.15) is 16.7 Å². The number of aryl methyl sites for hydroxylation is 1. The molecule has 1 N–H and O–H groups in total. The first-order valence-corrected chi connectivity index (χ1v) is 9.41. The Morgan fingerprint density at radius 1 is 1.19 bits per heavy atom.